The lowest BCUT2D eigenvalue weighted by molar-refractivity contribution is 0.597. The number of nitrogens with one attached hydrogen (secondary N) is 2. The van der Waals surface area contributed by atoms with Crippen molar-refractivity contribution in [3.05, 3.63) is 32.9 Å². The second kappa shape index (κ2) is 1.85. The molecular formula is C4H4FN2O2. The highest BCUT2D eigenvalue weighted by Gasteiger charge is 1.93. The highest BCUT2D eigenvalue weighted by Crippen LogP contribution is 1.74. The highest BCUT2D eigenvalue weighted by atomic mass is 19.1. The van der Waals surface area contributed by atoms with Crippen LogP contribution in [0.5, 0.6) is 0 Å². The van der Waals surface area contributed by atoms with Gasteiger partial charge < -0.3 is 4.98 Å². The number of aromatic amines is 2. The van der Waals surface area contributed by atoms with E-state index >= 15 is 0 Å². The summed E-state index contributed by atoms with van der Waals surface area (Å²) in [6.45, 7) is 0. The zero-order valence-corrected chi connectivity index (χ0v) is 4.27. The van der Waals surface area contributed by atoms with Gasteiger partial charge >= 0.3 is 5.69 Å². The van der Waals surface area contributed by atoms with E-state index in [1.165, 1.54) is 0 Å². The monoisotopic (exact) mass is 131 g/mol. The van der Waals surface area contributed by atoms with Crippen molar-refractivity contribution in [2.75, 3.05) is 0 Å². The summed E-state index contributed by atoms with van der Waals surface area (Å²) in [4.78, 5) is 24.0. The lowest BCUT2D eigenvalue weighted by atomic mass is 10.6. The molecule has 4 nitrogen and oxygen atoms in total. The Morgan fingerprint density at radius 1 is 1.56 bits per heavy atom. The van der Waals surface area contributed by atoms with Crippen LogP contribution in [0, 0.1) is 5.82 Å². The lowest BCUT2D eigenvalue weighted by Crippen LogP contribution is -2.23. The van der Waals surface area contributed by atoms with Gasteiger partial charge in [-0.15, -0.1) is 0 Å². The molecule has 9 heavy (non-hydrogen) atoms. The van der Waals surface area contributed by atoms with Crippen molar-refractivity contribution in [2.24, 2.45) is 0 Å². The minimum atomic E-state index is -1.00. The summed E-state index contributed by atoms with van der Waals surface area (Å²) >= 11 is 0. The fourth-order valence-electron chi connectivity index (χ4n) is 0.393. The molecule has 0 saturated heterocycles. The van der Waals surface area contributed by atoms with Crippen LogP contribution in [0.2, 0.25) is 0 Å². The molecule has 1 rings (SSSR count). The highest BCUT2D eigenvalue weighted by molar-refractivity contribution is 4.83. The summed E-state index contributed by atoms with van der Waals surface area (Å²) < 4.78 is 12.0. The second-order valence-electron chi connectivity index (χ2n) is 1.42. The average molecular weight is 131 g/mol. The molecule has 0 spiro atoms. The molecule has 49 valence electrons. The van der Waals surface area contributed by atoms with Crippen LogP contribution in [-0.2, 0) is 0 Å². The Balaban J connectivity index is 0.000000810. The molecule has 0 saturated carbocycles. The summed E-state index contributed by atoms with van der Waals surface area (Å²) in [5.41, 5.74) is -1.71. The van der Waals surface area contributed by atoms with Crippen molar-refractivity contribution >= 4 is 0 Å². The average Bonchev–Trinajstić information content (AvgIpc) is 1.80. The third-order valence-electron chi connectivity index (χ3n) is 0.774. The second-order valence-corrected chi connectivity index (χ2v) is 1.42. The number of halogens is 1. The van der Waals surface area contributed by atoms with Crippen LogP contribution in [0.15, 0.2) is 15.8 Å². The predicted molar refractivity (Wildman–Crippen MR) is 28.8 cm³/mol. The molecule has 0 amide bonds. The summed E-state index contributed by atoms with van der Waals surface area (Å²) in [6, 6.07) is 0. The van der Waals surface area contributed by atoms with Crippen LogP contribution in [-0.4, -0.2) is 9.97 Å². The van der Waals surface area contributed by atoms with Crippen molar-refractivity contribution in [3.8, 4) is 0 Å². The first kappa shape index (κ1) is 5.74. The summed E-state index contributed by atoms with van der Waals surface area (Å²) in [6.07, 6.45) is 0.709. The van der Waals surface area contributed by atoms with Gasteiger partial charge in [-0.1, -0.05) is 0 Å². The third kappa shape index (κ3) is 1.04. The lowest BCUT2D eigenvalue weighted by Gasteiger charge is -1.81. The van der Waals surface area contributed by atoms with Gasteiger partial charge in [0.25, 0.3) is 5.56 Å². The van der Waals surface area contributed by atoms with E-state index in [4.69, 9.17) is 0 Å². The van der Waals surface area contributed by atoms with Crippen molar-refractivity contribution in [3.63, 3.8) is 0 Å². The Morgan fingerprint density at radius 3 is 2.67 bits per heavy atom. The van der Waals surface area contributed by atoms with Gasteiger partial charge in [-0.25, -0.2) is 4.79 Å². The molecule has 1 radical (unpaired) electrons. The molecule has 0 bridgehead atoms. The van der Waals surface area contributed by atoms with E-state index < -0.39 is 17.1 Å². The molecule has 1 heterocycles. The summed E-state index contributed by atoms with van der Waals surface area (Å²) in [5.74, 6) is -0.991. The quantitative estimate of drug-likeness (QED) is 0.489. The Kier molecular flexibility index (Phi) is 1.18. The number of hydrogen-bond donors (Lipinski definition) is 2. The van der Waals surface area contributed by atoms with E-state index in [0.29, 0.717) is 6.20 Å². The largest absolute Gasteiger partial charge is 0.325 e. The van der Waals surface area contributed by atoms with Crippen LogP contribution in [0.4, 0.5) is 4.39 Å². The van der Waals surface area contributed by atoms with Crippen LogP contribution in [0.25, 0.3) is 0 Å². The number of rotatable bonds is 0. The zero-order valence-electron chi connectivity index (χ0n) is 5.27. The van der Waals surface area contributed by atoms with Gasteiger partial charge in [0.15, 0.2) is 0 Å². The Bertz CT molecular complexity index is 318. The summed E-state index contributed by atoms with van der Waals surface area (Å²) in [5, 5.41) is 0. The van der Waals surface area contributed by atoms with Crippen molar-refractivity contribution < 1.29 is 5.82 Å². The predicted octanol–water partition coefficient (Wildman–Crippen LogP) is -0.685. The topological polar surface area (TPSA) is 65.7 Å². The van der Waals surface area contributed by atoms with Gasteiger partial charge in [0, 0.05) is 7.62 Å². The first-order valence-electron chi connectivity index (χ1n) is 2.17. The number of aromatic nitrogens is 2. The standard InChI is InChI=1S/C4H3FN2O2.H/c5-2-1-6-4(9)7-3(2)8;/h1H,(H2,6,7,8,9);. The molecule has 1 aromatic rings. The Labute approximate surface area is 49.8 Å². The molecule has 0 atom stereocenters. The molecule has 0 fully saturated rings. The van der Waals surface area contributed by atoms with Gasteiger partial charge in [-0.05, 0) is 0 Å². The Hall–Kier alpha value is -1.39. The minimum absolute atomic E-state index is 0. The van der Waals surface area contributed by atoms with E-state index in [9.17, 15) is 14.0 Å². The first-order valence-corrected chi connectivity index (χ1v) is 2.17. The van der Waals surface area contributed by atoms with Crippen molar-refractivity contribution in [2.45, 2.75) is 0 Å². The van der Waals surface area contributed by atoms with E-state index in [1.807, 2.05) is 4.98 Å². The van der Waals surface area contributed by atoms with Crippen LogP contribution in [0.3, 0.4) is 0 Å². The molecule has 0 aliphatic carbocycles. The van der Waals surface area contributed by atoms with Gasteiger partial charge in [0.1, 0.15) is 0 Å². The van der Waals surface area contributed by atoms with E-state index in [-0.39, 0.29) is 1.43 Å². The van der Waals surface area contributed by atoms with E-state index in [1.54, 1.807) is 4.98 Å². The van der Waals surface area contributed by atoms with Crippen LogP contribution >= 0.6 is 0 Å². The number of hydrogen-bond acceptors (Lipinski definition) is 2. The maximum atomic E-state index is 12.0. The molecule has 1 aromatic heterocycles. The minimum Gasteiger partial charge on any atom is -0.311 e. The van der Waals surface area contributed by atoms with Crippen LogP contribution in [0.1, 0.15) is 1.43 Å². The summed E-state index contributed by atoms with van der Waals surface area (Å²) in [7, 11) is 0. The van der Waals surface area contributed by atoms with Gasteiger partial charge in [-0.3, -0.25) is 9.78 Å². The van der Waals surface area contributed by atoms with Crippen LogP contribution < -0.4 is 11.2 Å². The van der Waals surface area contributed by atoms with Gasteiger partial charge in [0.05, 0.1) is 0 Å². The van der Waals surface area contributed by atoms with Crippen molar-refractivity contribution in [1.82, 2.24) is 9.97 Å². The fourth-order valence-corrected chi connectivity index (χ4v) is 0.393. The third-order valence-corrected chi connectivity index (χ3v) is 0.774. The fraction of sp³-hybridized carbons (Fsp3) is 0. The SMILES string of the molecule is O=c1[nH]cc(F)c(=O)[nH]1.[H]. The maximum Gasteiger partial charge on any atom is 0.325 e. The number of H-pyrrole nitrogens is 2. The Morgan fingerprint density at radius 2 is 2.22 bits per heavy atom. The van der Waals surface area contributed by atoms with E-state index in [2.05, 4.69) is 0 Å². The molecule has 5 heteroatoms. The van der Waals surface area contributed by atoms with Gasteiger partial charge in [0.2, 0.25) is 5.82 Å². The van der Waals surface area contributed by atoms with Gasteiger partial charge in [-0.2, -0.15) is 4.39 Å². The molecule has 0 aliphatic heterocycles. The van der Waals surface area contributed by atoms with E-state index in [0.717, 1.165) is 0 Å². The first-order chi connectivity index (χ1) is 4.20. The normalized spacial score (nSPS) is 9.44. The van der Waals surface area contributed by atoms with Crippen molar-refractivity contribution in [1.29, 1.82) is 0 Å². The molecule has 0 aromatic carbocycles. The molecular weight excluding hydrogens is 127 g/mol. The molecule has 0 aliphatic rings. The molecule has 0 unspecified atom stereocenters. The molecule has 2 N–H and O–H groups in total. The zero-order chi connectivity index (χ0) is 6.85. The smallest absolute Gasteiger partial charge is 0.311 e. The maximum absolute atomic E-state index is 12.0.